The van der Waals surface area contributed by atoms with Gasteiger partial charge in [-0.2, -0.15) is 0 Å². The van der Waals surface area contributed by atoms with Crippen LogP contribution < -0.4 is 5.73 Å². The van der Waals surface area contributed by atoms with Gasteiger partial charge in [-0.1, -0.05) is 6.07 Å². The van der Waals surface area contributed by atoms with Crippen LogP contribution in [0.5, 0.6) is 0 Å². The van der Waals surface area contributed by atoms with Crippen LogP contribution in [0.1, 0.15) is 31.9 Å². The quantitative estimate of drug-likeness (QED) is 0.832. The Kier molecular flexibility index (Phi) is 8.67. The highest BCUT2D eigenvalue weighted by Crippen LogP contribution is 2.28. The number of piperidine rings is 1. The van der Waals surface area contributed by atoms with E-state index in [1.807, 2.05) is 28.7 Å². The molecule has 1 amide bonds. The third-order valence-electron chi connectivity index (χ3n) is 4.09. The molecule has 4 nitrogen and oxygen atoms in total. The molecule has 0 aliphatic carbocycles. The van der Waals surface area contributed by atoms with E-state index in [9.17, 15) is 4.79 Å². The molecule has 2 N–H and O–H groups in total. The molecule has 2 aromatic heterocycles. The number of thiazole rings is 1. The lowest BCUT2D eigenvalue weighted by Crippen LogP contribution is -2.52. The van der Waals surface area contributed by atoms with Crippen molar-refractivity contribution < 1.29 is 4.79 Å². The van der Waals surface area contributed by atoms with E-state index < -0.39 is 0 Å². The zero-order chi connectivity index (χ0) is 15.5. The second kappa shape index (κ2) is 9.73. The van der Waals surface area contributed by atoms with Gasteiger partial charge in [-0.25, -0.2) is 4.98 Å². The van der Waals surface area contributed by atoms with Gasteiger partial charge in [0.1, 0.15) is 5.01 Å². The molecule has 1 fully saturated rings. The second-order valence-electron chi connectivity index (χ2n) is 5.81. The maximum Gasteiger partial charge on any atom is 0.228 e. The van der Waals surface area contributed by atoms with Gasteiger partial charge in [0.15, 0.2) is 0 Å². The van der Waals surface area contributed by atoms with Gasteiger partial charge in [-0.15, -0.1) is 47.5 Å². The summed E-state index contributed by atoms with van der Waals surface area (Å²) < 4.78 is 0. The average molecular weight is 408 g/mol. The van der Waals surface area contributed by atoms with E-state index in [0.29, 0.717) is 6.42 Å². The summed E-state index contributed by atoms with van der Waals surface area (Å²) in [7, 11) is 0. The Morgan fingerprint density at radius 2 is 2.21 bits per heavy atom. The predicted octanol–water partition coefficient (Wildman–Crippen LogP) is 3.99. The van der Waals surface area contributed by atoms with Crippen LogP contribution in [0.3, 0.4) is 0 Å². The molecule has 134 valence electrons. The van der Waals surface area contributed by atoms with Crippen molar-refractivity contribution in [3.05, 3.63) is 28.6 Å². The predicted molar refractivity (Wildman–Crippen MR) is 107 cm³/mol. The standard InChI is InChI=1S/C16H21N3OS2.2ClH/c1-11(17)13-5-2-3-7-19(13)15(20)9-12-10-22-16(18-12)14-6-4-8-21-14;;/h4,6,8,10-11,13H,2-3,5,7,9,17H2,1H3;2*1H. The highest BCUT2D eigenvalue weighted by atomic mass is 35.5. The normalized spacial score (nSPS) is 18.4. The average Bonchev–Trinajstić information content (AvgIpc) is 3.17. The minimum absolute atomic E-state index is 0. The molecule has 2 unspecified atom stereocenters. The highest BCUT2D eigenvalue weighted by Gasteiger charge is 2.29. The Hall–Kier alpha value is -0.660. The number of hydrogen-bond acceptors (Lipinski definition) is 5. The van der Waals surface area contributed by atoms with Crippen LogP contribution >= 0.6 is 47.5 Å². The molecule has 2 aromatic rings. The van der Waals surface area contributed by atoms with Gasteiger partial charge in [0.25, 0.3) is 0 Å². The van der Waals surface area contributed by atoms with Crippen molar-refractivity contribution in [3.8, 4) is 9.88 Å². The molecule has 1 saturated heterocycles. The molecule has 3 heterocycles. The van der Waals surface area contributed by atoms with Gasteiger partial charge in [-0.3, -0.25) is 4.79 Å². The number of carbonyl (C=O) groups is 1. The van der Waals surface area contributed by atoms with Crippen LogP contribution in [0.25, 0.3) is 9.88 Å². The van der Waals surface area contributed by atoms with Crippen molar-refractivity contribution in [1.29, 1.82) is 0 Å². The van der Waals surface area contributed by atoms with Gasteiger partial charge in [-0.05, 0) is 37.6 Å². The van der Waals surface area contributed by atoms with E-state index in [0.717, 1.165) is 41.4 Å². The summed E-state index contributed by atoms with van der Waals surface area (Å²) in [6.07, 6.45) is 3.63. The van der Waals surface area contributed by atoms with Crippen molar-refractivity contribution in [3.63, 3.8) is 0 Å². The van der Waals surface area contributed by atoms with Crippen LogP contribution in [0.4, 0.5) is 0 Å². The van der Waals surface area contributed by atoms with E-state index in [1.165, 1.54) is 0 Å². The zero-order valence-corrected chi connectivity index (χ0v) is 16.8. The van der Waals surface area contributed by atoms with E-state index >= 15 is 0 Å². The summed E-state index contributed by atoms with van der Waals surface area (Å²) >= 11 is 3.28. The molecule has 3 rings (SSSR count). The molecule has 0 saturated carbocycles. The lowest BCUT2D eigenvalue weighted by molar-refractivity contribution is -0.134. The maximum atomic E-state index is 12.6. The summed E-state index contributed by atoms with van der Waals surface area (Å²) in [6, 6.07) is 4.29. The number of nitrogens with two attached hydrogens (primary N) is 1. The molecule has 2 atom stereocenters. The highest BCUT2D eigenvalue weighted by molar-refractivity contribution is 7.20. The lowest BCUT2D eigenvalue weighted by atomic mass is 9.96. The van der Waals surface area contributed by atoms with Crippen molar-refractivity contribution in [1.82, 2.24) is 9.88 Å². The van der Waals surface area contributed by atoms with Crippen LogP contribution in [-0.4, -0.2) is 34.4 Å². The fourth-order valence-electron chi connectivity index (χ4n) is 2.97. The monoisotopic (exact) mass is 407 g/mol. The van der Waals surface area contributed by atoms with Crippen molar-refractivity contribution in [2.45, 2.75) is 44.7 Å². The third kappa shape index (κ3) is 4.92. The lowest BCUT2D eigenvalue weighted by Gasteiger charge is -2.38. The fraction of sp³-hybridized carbons (Fsp3) is 0.500. The molecule has 24 heavy (non-hydrogen) atoms. The Balaban J connectivity index is 0.00000144. The fourth-order valence-corrected chi connectivity index (χ4v) is 4.61. The SMILES string of the molecule is CC(N)C1CCCCN1C(=O)Cc1csc(-c2cccs2)n1.Cl.Cl. The maximum absolute atomic E-state index is 12.6. The van der Waals surface area contributed by atoms with Crippen LogP contribution in [0, 0.1) is 0 Å². The summed E-state index contributed by atoms with van der Waals surface area (Å²) in [5.74, 6) is 0.157. The second-order valence-corrected chi connectivity index (χ2v) is 7.61. The Morgan fingerprint density at radius 3 is 2.88 bits per heavy atom. The number of thiophene rings is 1. The van der Waals surface area contributed by atoms with E-state index in [1.54, 1.807) is 22.7 Å². The molecule has 1 aliphatic heterocycles. The first-order valence-corrected chi connectivity index (χ1v) is 9.44. The molecule has 1 aliphatic rings. The van der Waals surface area contributed by atoms with Crippen LogP contribution in [0.15, 0.2) is 22.9 Å². The largest absolute Gasteiger partial charge is 0.338 e. The Bertz CT molecular complexity index is 631. The molecule has 0 bridgehead atoms. The first-order valence-electron chi connectivity index (χ1n) is 7.68. The van der Waals surface area contributed by atoms with Crippen LogP contribution in [-0.2, 0) is 11.2 Å². The van der Waals surface area contributed by atoms with Crippen molar-refractivity contribution in [2.75, 3.05) is 6.54 Å². The summed E-state index contributed by atoms with van der Waals surface area (Å²) in [6.45, 7) is 2.82. The van der Waals surface area contributed by atoms with Gasteiger partial charge in [0.2, 0.25) is 5.91 Å². The zero-order valence-electron chi connectivity index (χ0n) is 13.5. The number of likely N-dealkylation sites (tertiary alicyclic amines) is 1. The number of halogens is 2. The van der Waals surface area contributed by atoms with Gasteiger partial charge in [0, 0.05) is 24.0 Å². The Morgan fingerprint density at radius 1 is 1.42 bits per heavy atom. The molecule has 0 spiro atoms. The van der Waals surface area contributed by atoms with E-state index in [2.05, 4.69) is 11.1 Å². The minimum atomic E-state index is 0. The van der Waals surface area contributed by atoms with Gasteiger partial charge >= 0.3 is 0 Å². The Labute approximate surface area is 163 Å². The van der Waals surface area contributed by atoms with Crippen molar-refractivity contribution >= 4 is 53.4 Å². The summed E-state index contributed by atoms with van der Waals surface area (Å²) in [5.41, 5.74) is 6.92. The number of aromatic nitrogens is 1. The number of amides is 1. The van der Waals surface area contributed by atoms with Crippen LogP contribution in [0.2, 0.25) is 0 Å². The number of nitrogens with zero attached hydrogens (tertiary/aromatic N) is 2. The third-order valence-corrected chi connectivity index (χ3v) is 6.02. The molecule has 0 aromatic carbocycles. The molecule has 0 radical (unpaired) electrons. The molecular weight excluding hydrogens is 385 g/mol. The molecule has 8 heteroatoms. The molecular formula is C16H23Cl2N3OS2. The first kappa shape index (κ1) is 21.4. The smallest absolute Gasteiger partial charge is 0.228 e. The van der Waals surface area contributed by atoms with E-state index in [4.69, 9.17) is 5.73 Å². The minimum Gasteiger partial charge on any atom is -0.338 e. The topological polar surface area (TPSA) is 59.2 Å². The van der Waals surface area contributed by atoms with Crippen molar-refractivity contribution in [2.24, 2.45) is 5.73 Å². The van der Waals surface area contributed by atoms with Gasteiger partial charge in [0.05, 0.1) is 17.0 Å². The van der Waals surface area contributed by atoms with E-state index in [-0.39, 0.29) is 42.8 Å². The van der Waals surface area contributed by atoms with Gasteiger partial charge < -0.3 is 10.6 Å². The first-order chi connectivity index (χ1) is 10.6. The summed E-state index contributed by atoms with van der Waals surface area (Å²) in [4.78, 5) is 20.4. The number of hydrogen-bond donors (Lipinski definition) is 1. The number of carbonyl (C=O) groups excluding carboxylic acids is 1. The summed E-state index contributed by atoms with van der Waals surface area (Å²) in [5, 5.41) is 5.04. The number of rotatable bonds is 4.